The van der Waals surface area contributed by atoms with E-state index in [4.69, 9.17) is 66.3 Å². The van der Waals surface area contributed by atoms with E-state index in [1.807, 2.05) is 0 Å². The lowest BCUT2D eigenvalue weighted by Gasteiger charge is -2.51. The van der Waals surface area contributed by atoms with Gasteiger partial charge in [-0.05, 0) is 182 Å². The molecule has 0 spiro atoms. The lowest BCUT2D eigenvalue weighted by Crippen LogP contribution is -2.69. The third-order valence-electron chi connectivity index (χ3n) is 25.0. The van der Waals surface area contributed by atoms with Crippen LogP contribution in [0.1, 0.15) is 89.9 Å². The highest BCUT2D eigenvalue weighted by atomic mass is 16.8. The van der Waals surface area contributed by atoms with E-state index in [9.17, 15) is 71.5 Å². The second kappa shape index (κ2) is 35.1. The molecule has 0 amide bonds. The van der Waals surface area contributed by atoms with Gasteiger partial charge in [-0.25, -0.2) is 0 Å². The van der Waals surface area contributed by atoms with Gasteiger partial charge >= 0.3 is 0 Å². The Bertz CT molecular complexity index is 2200. The van der Waals surface area contributed by atoms with Crippen molar-refractivity contribution in [3.05, 3.63) is 0 Å². The normalized spacial score (nSPS) is 50.4. The van der Waals surface area contributed by atoms with Gasteiger partial charge in [-0.1, -0.05) is 0 Å². The minimum absolute atomic E-state index is 0.115. The maximum absolute atomic E-state index is 12.5. The van der Waals surface area contributed by atoms with Crippen LogP contribution in [0.4, 0.5) is 0 Å². The summed E-state index contributed by atoms with van der Waals surface area (Å²) in [5.74, 6) is 0. The molecule has 0 aromatic carbocycles. The summed E-state index contributed by atoms with van der Waals surface area (Å²) in [7, 11) is 0. The number of ether oxygens (including phenoxy) is 14. The van der Waals surface area contributed by atoms with Crippen LogP contribution < -0.4 is 0 Å². The lowest BCUT2D eigenvalue weighted by molar-refractivity contribution is -0.394. The number of hydrogen-bond acceptors (Lipinski definition) is 35. The Morgan fingerprint density at radius 3 is 0.362 bits per heavy atom. The van der Waals surface area contributed by atoms with Gasteiger partial charge in [0.05, 0.1) is 0 Å². The highest BCUT2D eigenvalue weighted by molar-refractivity contribution is 5.05. The minimum Gasteiger partial charge on any atom is -0.387 e. The van der Waals surface area contributed by atoms with E-state index >= 15 is 0 Å². The Morgan fingerprint density at radius 1 is 0.152 bits per heavy atom. The van der Waals surface area contributed by atoms with Gasteiger partial charge in [0.15, 0.2) is 44.0 Å². The van der Waals surface area contributed by atoms with E-state index in [1.165, 1.54) is 0 Å². The smallest absolute Gasteiger partial charge is 0.187 e. The molecular formula is C70H119N7O28. The summed E-state index contributed by atoms with van der Waals surface area (Å²) in [6, 6.07) is 0. The number of rotatable bonds is 14. The Balaban J connectivity index is 0.772. The largest absolute Gasteiger partial charge is 0.387 e. The van der Waals surface area contributed by atoms with Crippen molar-refractivity contribution < 1.29 is 138 Å². The molecule has 28 rings (SSSR count). The van der Waals surface area contributed by atoms with Gasteiger partial charge in [-0.2, -0.15) is 0 Å². The predicted octanol–water partition coefficient (Wildman–Crippen LogP) is -7.51. The monoisotopic (exact) mass is 1510 g/mol. The molecular weight excluding hydrogens is 1390 g/mol. The van der Waals surface area contributed by atoms with Gasteiger partial charge in [-0.3, -0.25) is 0 Å². The van der Waals surface area contributed by atoms with E-state index in [0.29, 0.717) is 91.6 Å². The van der Waals surface area contributed by atoms with Crippen molar-refractivity contribution in [3.8, 4) is 0 Å². The van der Waals surface area contributed by atoms with E-state index < -0.39 is 215 Å². The van der Waals surface area contributed by atoms with Gasteiger partial charge in [0, 0.05) is 45.8 Å². The fourth-order valence-corrected chi connectivity index (χ4v) is 19.0. The van der Waals surface area contributed by atoms with Gasteiger partial charge in [0.2, 0.25) is 0 Å². The van der Waals surface area contributed by atoms with Crippen LogP contribution in [0.5, 0.6) is 0 Å². The molecule has 35 atom stereocenters. The summed E-state index contributed by atoms with van der Waals surface area (Å²) in [6.45, 7) is 9.84. The Kier molecular flexibility index (Phi) is 26.4. The zero-order chi connectivity index (χ0) is 72.9. The maximum Gasteiger partial charge on any atom is 0.187 e. The molecule has 0 aliphatic carbocycles. The summed E-state index contributed by atoms with van der Waals surface area (Å²) in [5, 5.41) is 174. The topological polar surface area (TPSA) is 435 Å². The number of aliphatic hydroxyl groups excluding tert-OH is 14. The molecule has 0 unspecified atom stereocenters. The number of aliphatic hydroxyl groups is 14. The van der Waals surface area contributed by atoms with Crippen LogP contribution in [0.25, 0.3) is 0 Å². The minimum atomic E-state index is -1.93. The molecule has 28 saturated heterocycles. The van der Waals surface area contributed by atoms with Crippen LogP contribution in [-0.4, -0.2) is 458 Å². The lowest BCUT2D eigenvalue weighted by atomic mass is 9.94. The molecule has 28 aliphatic heterocycles. The van der Waals surface area contributed by atoms with E-state index in [-0.39, 0.29) is 45.8 Å². The van der Waals surface area contributed by atoms with Crippen LogP contribution in [0, 0.1) is 0 Å². The summed E-state index contributed by atoms with van der Waals surface area (Å²) < 4.78 is 93.0. The second-order valence-electron chi connectivity index (χ2n) is 32.4. The molecule has 105 heavy (non-hydrogen) atoms. The number of nitrogens with zero attached hydrogens (tertiary/aromatic N) is 7. The fourth-order valence-electron chi connectivity index (χ4n) is 19.0. The summed E-state index contributed by atoms with van der Waals surface area (Å²) >= 11 is 0. The van der Waals surface area contributed by atoms with E-state index in [2.05, 4.69) is 34.3 Å². The third-order valence-corrected chi connectivity index (χ3v) is 25.0. The summed E-state index contributed by atoms with van der Waals surface area (Å²) in [4.78, 5) is 14.6. The highest BCUT2D eigenvalue weighted by Crippen LogP contribution is 2.41. The fraction of sp³-hybridized carbons (Fsp3) is 1.00. The molecule has 28 heterocycles. The molecule has 28 fully saturated rings. The van der Waals surface area contributed by atoms with Crippen molar-refractivity contribution in [1.29, 1.82) is 0 Å². The maximum atomic E-state index is 12.5. The van der Waals surface area contributed by atoms with Crippen molar-refractivity contribution in [2.75, 3.05) is 137 Å². The first-order valence-corrected chi connectivity index (χ1v) is 39.5. The first-order valence-electron chi connectivity index (χ1n) is 39.5. The average molecular weight is 1510 g/mol. The third kappa shape index (κ3) is 17.5. The van der Waals surface area contributed by atoms with Crippen LogP contribution >= 0.6 is 0 Å². The van der Waals surface area contributed by atoms with Crippen molar-refractivity contribution >= 4 is 0 Å². The van der Waals surface area contributed by atoms with Gasteiger partial charge in [-0.15, -0.1) is 0 Å². The number of hydrogen-bond donors (Lipinski definition) is 14. The van der Waals surface area contributed by atoms with Gasteiger partial charge in [0.25, 0.3) is 0 Å². The van der Waals surface area contributed by atoms with Crippen LogP contribution in [0.2, 0.25) is 0 Å². The van der Waals surface area contributed by atoms with Crippen LogP contribution in [-0.2, 0) is 66.3 Å². The molecule has 14 N–H and O–H groups in total. The van der Waals surface area contributed by atoms with Gasteiger partial charge < -0.3 is 172 Å². The van der Waals surface area contributed by atoms with Crippen LogP contribution in [0.15, 0.2) is 0 Å². The average Bonchev–Trinajstić information content (AvgIpc) is 1.12. The highest BCUT2D eigenvalue weighted by Gasteiger charge is 2.61. The first-order chi connectivity index (χ1) is 50.8. The van der Waals surface area contributed by atoms with E-state index in [1.54, 1.807) is 0 Å². The predicted molar refractivity (Wildman–Crippen MR) is 359 cm³/mol. The molecule has 0 saturated carbocycles. The Morgan fingerprint density at radius 2 is 0.257 bits per heavy atom. The van der Waals surface area contributed by atoms with Gasteiger partial charge in [0.1, 0.15) is 171 Å². The standard InChI is InChI=1S/C70H119N7O28/c78-43-50(85)64-92-36(29-71-15-1-2-16-71)57(43)99-65-51(86)44(79)59(38(93-65)31-73-19-5-6-20-73)101-67-53(88)46(81)61(40(95-67)33-75-23-9-10-24-75)103-69-55(90)48(83)63(42(97-69)35-77-27-13-14-28-77)105-70-56(91)49(84)62(41(98-70)34-76-25-11-12-26-76)104-68-54(89)47(82)60(39(96-68)32-74-21-7-8-22-74)102-66-52(87)45(80)58(100-64)37(94-66)30-72-17-3-4-18-72/h36-70,78-91H,1-35H2/t36-,37-,38-,39-,40-,41-,42-,43-,44-,45-,46-,47-,48-,49-,50-,51-,52-,53-,54-,55-,56-,57-,58-,59-,60-,61-,62-,63-,64-,65-,66-,67-,68-,69-,70-/m1/s1. The summed E-state index contributed by atoms with van der Waals surface area (Å²) in [5.41, 5.74) is 0. The molecule has 0 aromatic heterocycles. The SMILES string of the molecule is O[C@@H]1[C@@H](O)[C@H]2O[C@H]3[C@H](O)[C@@H](O)[C@@H](O[C@H]4[C@H](O)[C@@H](O)[C@@H](O[C@H]5[C@H](O)[C@@H](O)[C@@H](O[C@H]6[C@H](O)[C@@H](O)[C@@H](O[C@H]7[C@H](O)[C@@H](O)[C@@H](O[C@H]8[C@H](O)[C@@H](O)[C@@H](O[C@@H]1[C@@H](CN1CCCC1)O2)O[C@@H]8CN1CCCC1)O[C@@H]7CN1CCCC1)O[C@@H]6CN1CCCC1)O[C@@H]5CN1CCCC1)O[C@@H]4CN1CCCC1)O[C@@H]3CN1CCCC1. The zero-order valence-corrected chi connectivity index (χ0v) is 60.1. The Hall–Kier alpha value is -1.40. The molecule has 0 aromatic rings. The number of likely N-dealkylation sites (tertiary alicyclic amines) is 7. The second-order valence-corrected chi connectivity index (χ2v) is 32.4. The molecule has 0 radical (unpaired) electrons. The molecule has 35 nitrogen and oxygen atoms in total. The van der Waals surface area contributed by atoms with Crippen molar-refractivity contribution in [2.45, 2.75) is 305 Å². The van der Waals surface area contributed by atoms with E-state index in [0.717, 1.165) is 89.9 Å². The van der Waals surface area contributed by atoms with Crippen molar-refractivity contribution in [3.63, 3.8) is 0 Å². The molecule has 35 heteroatoms. The van der Waals surface area contributed by atoms with Crippen LogP contribution in [0.3, 0.4) is 0 Å². The molecule has 602 valence electrons. The molecule has 28 aliphatic rings. The zero-order valence-electron chi connectivity index (χ0n) is 60.1. The molecule has 14 bridgehead atoms. The first kappa shape index (κ1) is 78.9. The van der Waals surface area contributed by atoms with Crippen molar-refractivity contribution in [1.82, 2.24) is 34.3 Å². The Labute approximate surface area is 612 Å². The summed E-state index contributed by atoms with van der Waals surface area (Å²) in [6.07, 6.45) is -44.8. The quantitative estimate of drug-likeness (QED) is 0.0768. The van der Waals surface area contributed by atoms with Crippen molar-refractivity contribution in [2.24, 2.45) is 0 Å².